The van der Waals surface area contributed by atoms with Gasteiger partial charge in [0.1, 0.15) is 5.75 Å². The van der Waals surface area contributed by atoms with Crippen molar-refractivity contribution in [2.24, 2.45) is 5.92 Å². The Morgan fingerprint density at radius 3 is 2.64 bits per heavy atom. The maximum atomic E-state index is 13.0. The van der Waals surface area contributed by atoms with Crippen LogP contribution in [0.1, 0.15) is 17.7 Å². The van der Waals surface area contributed by atoms with Gasteiger partial charge in [0.25, 0.3) is 0 Å². The van der Waals surface area contributed by atoms with E-state index in [-0.39, 0.29) is 17.7 Å². The number of amides is 2. The van der Waals surface area contributed by atoms with Crippen LogP contribution in [0.3, 0.4) is 0 Å². The van der Waals surface area contributed by atoms with Gasteiger partial charge in [-0.2, -0.15) is 5.10 Å². The lowest BCUT2D eigenvalue weighted by atomic mass is 9.91. The molecule has 2 heterocycles. The van der Waals surface area contributed by atoms with Gasteiger partial charge in [-0.25, -0.2) is 0 Å². The molecule has 3 aromatic rings. The van der Waals surface area contributed by atoms with Gasteiger partial charge in [0, 0.05) is 50.1 Å². The van der Waals surface area contributed by atoms with Crippen molar-refractivity contribution in [1.82, 2.24) is 20.0 Å². The van der Waals surface area contributed by atoms with Gasteiger partial charge >= 0.3 is 0 Å². The van der Waals surface area contributed by atoms with Crippen molar-refractivity contribution in [3.63, 3.8) is 0 Å². The third kappa shape index (κ3) is 5.25. The molecule has 0 radical (unpaired) electrons. The number of ether oxygens (including phenoxy) is 1. The Bertz CT molecular complexity index is 1120. The molecule has 1 aliphatic rings. The third-order valence-corrected chi connectivity index (χ3v) is 6.19. The van der Waals surface area contributed by atoms with Gasteiger partial charge in [-0.1, -0.05) is 42.5 Å². The number of hydrogen-bond donors (Lipinski definition) is 1. The minimum absolute atomic E-state index is 0.0111. The lowest BCUT2D eigenvalue weighted by Crippen LogP contribution is -2.37. The van der Waals surface area contributed by atoms with Crippen LogP contribution in [0.5, 0.6) is 5.75 Å². The van der Waals surface area contributed by atoms with Gasteiger partial charge in [-0.15, -0.1) is 0 Å². The number of nitrogens with zero attached hydrogens (tertiary/aromatic N) is 3. The highest BCUT2D eigenvalue weighted by molar-refractivity contribution is 5.83. The molecule has 172 valence electrons. The molecule has 1 atom stereocenters. The number of rotatable bonds is 7. The first-order chi connectivity index (χ1) is 16.1. The first-order valence-corrected chi connectivity index (χ1v) is 11.3. The summed E-state index contributed by atoms with van der Waals surface area (Å²) in [5.41, 5.74) is 4.12. The standard InChI is InChI=1S/C26H30N4O3/c1-19-11-13-28-30(19)15-12-25(31)29-16-14-27-26(32)21(18-29)17-20-7-3-4-8-22(20)23-9-5-6-10-24(23)33-2/h3-11,13,21H,12,14-18H2,1-2H3,(H,27,32)/t21-/m0/s1. The summed E-state index contributed by atoms with van der Waals surface area (Å²) in [7, 11) is 1.66. The molecule has 7 nitrogen and oxygen atoms in total. The van der Waals surface area contributed by atoms with Crippen LogP contribution in [0.25, 0.3) is 11.1 Å². The van der Waals surface area contributed by atoms with E-state index in [1.54, 1.807) is 13.3 Å². The van der Waals surface area contributed by atoms with E-state index in [0.29, 0.717) is 39.0 Å². The molecule has 2 aromatic carbocycles. The summed E-state index contributed by atoms with van der Waals surface area (Å²) in [4.78, 5) is 27.6. The number of hydrogen-bond acceptors (Lipinski definition) is 4. The fourth-order valence-electron chi connectivity index (χ4n) is 4.37. The number of methoxy groups -OCH3 is 1. The Morgan fingerprint density at radius 1 is 1.12 bits per heavy atom. The van der Waals surface area contributed by atoms with Gasteiger partial charge < -0.3 is 15.0 Å². The zero-order valence-corrected chi connectivity index (χ0v) is 19.2. The van der Waals surface area contributed by atoms with Crippen LogP contribution in [0.2, 0.25) is 0 Å². The van der Waals surface area contributed by atoms with Crippen molar-refractivity contribution in [3.8, 4) is 16.9 Å². The molecular formula is C26H30N4O3. The van der Waals surface area contributed by atoms with Crippen LogP contribution >= 0.6 is 0 Å². The molecule has 1 fully saturated rings. The maximum Gasteiger partial charge on any atom is 0.225 e. The fraction of sp³-hybridized carbons (Fsp3) is 0.346. The van der Waals surface area contributed by atoms with Crippen LogP contribution in [0, 0.1) is 12.8 Å². The monoisotopic (exact) mass is 446 g/mol. The molecule has 1 aliphatic heterocycles. The third-order valence-electron chi connectivity index (χ3n) is 6.19. The van der Waals surface area contributed by atoms with Gasteiger partial charge in [0.15, 0.2) is 0 Å². The summed E-state index contributed by atoms with van der Waals surface area (Å²) in [5, 5.41) is 7.24. The Labute approximate surface area is 194 Å². The molecule has 2 amide bonds. The molecule has 1 saturated heterocycles. The van der Waals surface area contributed by atoms with Crippen molar-refractivity contribution in [2.75, 3.05) is 26.7 Å². The minimum Gasteiger partial charge on any atom is -0.496 e. The topological polar surface area (TPSA) is 76.5 Å². The molecule has 33 heavy (non-hydrogen) atoms. The van der Waals surface area contributed by atoms with Crippen LogP contribution in [-0.4, -0.2) is 53.2 Å². The molecule has 1 aromatic heterocycles. The van der Waals surface area contributed by atoms with E-state index in [9.17, 15) is 9.59 Å². The summed E-state index contributed by atoms with van der Waals surface area (Å²) < 4.78 is 7.39. The summed E-state index contributed by atoms with van der Waals surface area (Å²) in [6.45, 7) is 3.91. The van der Waals surface area contributed by atoms with E-state index in [0.717, 1.165) is 28.1 Å². The largest absolute Gasteiger partial charge is 0.496 e. The number of para-hydroxylation sites is 1. The fourth-order valence-corrected chi connectivity index (χ4v) is 4.37. The minimum atomic E-state index is -0.321. The van der Waals surface area contributed by atoms with Gasteiger partial charge in [0.05, 0.1) is 13.0 Å². The molecule has 0 spiro atoms. The zero-order valence-electron chi connectivity index (χ0n) is 19.2. The van der Waals surface area contributed by atoms with Gasteiger partial charge in [0.2, 0.25) is 11.8 Å². The molecule has 0 aliphatic carbocycles. The number of aryl methyl sites for hydroxylation is 2. The number of carbonyl (C=O) groups is 2. The quantitative estimate of drug-likeness (QED) is 0.605. The smallest absolute Gasteiger partial charge is 0.225 e. The highest BCUT2D eigenvalue weighted by atomic mass is 16.5. The molecule has 4 rings (SSSR count). The SMILES string of the molecule is COc1ccccc1-c1ccccc1C[C@H]1CN(C(=O)CCn2nccc2C)CCNC1=O. The van der Waals surface area contributed by atoms with Crippen LogP contribution in [0.15, 0.2) is 60.8 Å². The van der Waals surface area contributed by atoms with Crippen LogP contribution < -0.4 is 10.1 Å². The molecule has 0 saturated carbocycles. The molecular weight excluding hydrogens is 416 g/mol. The van der Waals surface area contributed by atoms with E-state index in [4.69, 9.17) is 4.74 Å². The molecule has 0 bridgehead atoms. The second kappa shape index (κ2) is 10.3. The van der Waals surface area contributed by atoms with Gasteiger partial charge in [-0.05, 0) is 36.6 Å². The second-order valence-electron chi connectivity index (χ2n) is 8.33. The van der Waals surface area contributed by atoms with Crippen molar-refractivity contribution in [2.45, 2.75) is 26.3 Å². The second-order valence-corrected chi connectivity index (χ2v) is 8.33. The predicted molar refractivity (Wildman–Crippen MR) is 127 cm³/mol. The highest BCUT2D eigenvalue weighted by Crippen LogP contribution is 2.33. The number of carbonyl (C=O) groups excluding carboxylic acids is 2. The van der Waals surface area contributed by atoms with E-state index in [1.165, 1.54) is 0 Å². The van der Waals surface area contributed by atoms with Crippen LogP contribution in [-0.2, 0) is 22.6 Å². The summed E-state index contributed by atoms with van der Waals surface area (Å²) in [6, 6.07) is 17.9. The van der Waals surface area contributed by atoms with Crippen molar-refractivity contribution < 1.29 is 14.3 Å². The Morgan fingerprint density at radius 2 is 1.88 bits per heavy atom. The average molecular weight is 447 g/mol. The normalized spacial score (nSPS) is 16.2. The van der Waals surface area contributed by atoms with E-state index in [2.05, 4.69) is 16.5 Å². The van der Waals surface area contributed by atoms with Gasteiger partial charge in [-0.3, -0.25) is 14.3 Å². The molecule has 1 N–H and O–H groups in total. The average Bonchev–Trinajstić information content (AvgIpc) is 3.16. The Balaban J connectivity index is 1.51. The number of nitrogens with one attached hydrogen (secondary N) is 1. The van der Waals surface area contributed by atoms with Crippen molar-refractivity contribution >= 4 is 11.8 Å². The van der Waals surface area contributed by atoms with Crippen LogP contribution in [0.4, 0.5) is 0 Å². The summed E-state index contributed by atoms with van der Waals surface area (Å²) >= 11 is 0. The van der Waals surface area contributed by atoms with E-state index in [1.807, 2.05) is 65.0 Å². The summed E-state index contributed by atoms with van der Waals surface area (Å²) in [5.74, 6) is 0.507. The van der Waals surface area contributed by atoms with E-state index >= 15 is 0 Å². The first kappa shape index (κ1) is 22.6. The Kier molecular flexibility index (Phi) is 7.07. The number of aromatic nitrogens is 2. The van der Waals surface area contributed by atoms with E-state index < -0.39 is 0 Å². The Hall–Kier alpha value is -3.61. The summed E-state index contributed by atoms with van der Waals surface area (Å²) in [6.07, 6.45) is 2.65. The van der Waals surface area contributed by atoms with Crippen molar-refractivity contribution in [3.05, 3.63) is 72.1 Å². The molecule has 0 unspecified atom stereocenters. The zero-order chi connectivity index (χ0) is 23.2. The lowest BCUT2D eigenvalue weighted by Gasteiger charge is -2.24. The lowest BCUT2D eigenvalue weighted by molar-refractivity contribution is -0.132. The predicted octanol–water partition coefficient (Wildman–Crippen LogP) is 3.07. The molecule has 7 heteroatoms. The highest BCUT2D eigenvalue weighted by Gasteiger charge is 2.28. The first-order valence-electron chi connectivity index (χ1n) is 11.3. The van der Waals surface area contributed by atoms with Crippen molar-refractivity contribution in [1.29, 1.82) is 0 Å². The maximum absolute atomic E-state index is 13.0. The number of benzene rings is 2.